The first-order valence-corrected chi connectivity index (χ1v) is 6.37. The highest BCUT2D eigenvalue weighted by atomic mass is 32.1. The van der Waals surface area contributed by atoms with Crippen molar-refractivity contribution in [2.45, 2.75) is 13.8 Å². The van der Waals surface area contributed by atoms with Gasteiger partial charge in [0.1, 0.15) is 17.7 Å². The minimum Gasteiger partial charge on any atom is -0.289 e. The Morgan fingerprint density at radius 1 is 1.39 bits per heavy atom. The van der Waals surface area contributed by atoms with E-state index in [0.717, 1.165) is 4.88 Å². The lowest BCUT2D eigenvalue weighted by molar-refractivity contribution is 0.104. The Morgan fingerprint density at radius 3 is 2.61 bits per heavy atom. The summed E-state index contributed by atoms with van der Waals surface area (Å²) in [5.41, 5.74) is 1.61. The highest BCUT2D eigenvalue weighted by Crippen LogP contribution is 2.42. The first-order valence-electron chi connectivity index (χ1n) is 5.49. The summed E-state index contributed by atoms with van der Waals surface area (Å²) < 4.78 is 0. The maximum Gasteiger partial charge on any atom is 0.194 e. The Kier molecular flexibility index (Phi) is 3.14. The molecule has 0 unspecified atom stereocenters. The maximum absolute atomic E-state index is 12.2. The Hall–Kier alpha value is -2.17. The Labute approximate surface area is 109 Å². The van der Waals surface area contributed by atoms with E-state index >= 15 is 0 Å². The van der Waals surface area contributed by atoms with Crippen LogP contribution in [0.2, 0.25) is 0 Å². The first-order chi connectivity index (χ1) is 8.60. The van der Waals surface area contributed by atoms with Crippen LogP contribution in [0, 0.1) is 28.6 Å². The maximum atomic E-state index is 12.2. The number of nitriles is 2. The second kappa shape index (κ2) is 4.60. The molecule has 0 spiro atoms. The summed E-state index contributed by atoms with van der Waals surface area (Å²) in [6.07, 6.45) is 1.82. The molecule has 88 valence electrons. The fourth-order valence-corrected chi connectivity index (χ4v) is 2.90. The number of ketones is 1. The van der Waals surface area contributed by atoms with Crippen molar-refractivity contribution in [3.05, 3.63) is 39.1 Å². The fraction of sp³-hybridized carbons (Fsp3) is 0.214. The van der Waals surface area contributed by atoms with E-state index < -0.39 is 0 Å². The zero-order valence-corrected chi connectivity index (χ0v) is 10.8. The molecule has 0 bridgehead atoms. The van der Waals surface area contributed by atoms with Gasteiger partial charge in [-0.25, -0.2) is 0 Å². The van der Waals surface area contributed by atoms with E-state index in [2.05, 4.69) is 0 Å². The number of hydrogen-bond donors (Lipinski definition) is 0. The van der Waals surface area contributed by atoms with Gasteiger partial charge in [-0.3, -0.25) is 4.79 Å². The van der Waals surface area contributed by atoms with Gasteiger partial charge in [0.05, 0.1) is 0 Å². The number of rotatable bonds is 1. The zero-order valence-electron chi connectivity index (χ0n) is 10.0. The third-order valence-electron chi connectivity index (χ3n) is 2.62. The first kappa shape index (κ1) is 12.3. The van der Waals surface area contributed by atoms with Gasteiger partial charge in [-0.15, -0.1) is 11.3 Å². The summed E-state index contributed by atoms with van der Waals surface area (Å²) in [4.78, 5) is 13.0. The molecule has 1 aliphatic rings. The van der Waals surface area contributed by atoms with Crippen molar-refractivity contribution in [3.8, 4) is 12.1 Å². The van der Waals surface area contributed by atoms with E-state index in [-0.39, 0.29) is 17.3 Å². The number of carbonyl (C=O) groups is 1. The van der Waals surface area contributed by atoms with Gasteiger partial charge in [-0.1, -0.05) is 19.9 Å². The van der Waals surface area contributed by atoms with Crippen LogP contribution in [0.15, 0.2) is 28.7 Å². The molecule has 0 fully saturated rings. The Bertz CT molecular complexity index is 647. The molecule has 18 heavy (non-hydrogen) atoms. The van der Waals surface area contributed by atoms with E-state index in [1.165, 1.54) is 11.3 Å². The van der Waals surface area contributed by atoms with Crippen LogP contribution in [0.4, 0.5) is 0 Å². The number of thiophene rings is 1. The molecule has 1 aromatic rings. The largest absolute Gasteiger partial charge is 0.289 e. The van der Waals surface area contributed by atoms with Crippen LogP contribution in [-0.4, -0.2) is 5.78 Å². The van der Waals surface area contributed by atoms with Crippen molar-refractivity contribution in [1.82, 2.24) is 0 Å². The topological polar surface area (TPSA) is 64.7 Å². The summed E-state index contributed by atoms with van der Waals surface area (Å²) in [7, 11) is 0. The van der Waals surface area contributed by atoms with Gasteiger partial charge in [0.15, 0.2) is 5.78 Å². The molecule has 0 saturated heterocycles. The standard InChI is InChI=1S/C14H10N2OS/c1-8(2)5-11-12(9(6-15)7-16)14-10(13(11)17)3-4-18-14/h3-5,8H,1-2H3/b11-5-. The van der Waals surface area contributed by atoms with Crippen molar-refractivity contribution in [3.63, 3.8) is 0 Å². The van der Waals surface area contributed by atoms with Crippen molar-refractivity contribution >= 4 is 22.7 Å². The number of allylic oxidation sites excluding steroid dienone is 4. The normalized spacial score (nSPS) is 15.7. The second-order valence-electron chi connectivity index (χ2n) is 4.29. The summed E-state index contributed by atoms with van der Waals surface area (Å²) in [6.45, 7) is 3.92. The van der Waals surface area contributed by atoms with E-state index in [1.54, 1.807) is 11.4 Å². The molecule has 4 heteroatoms. The van der Waals surface area contributed by atoms with Crippen molar-refractivity contribution in [2.75, 3.05) is 0 Å². The van der Waals surface area contributed by atoms with Crippen LogP contribution in [0.1, 0.15) is 29.1 Å². The number of hydrogen-bond acceptors (Lipinski definition) is 4. The van der Waals surface area contributed by atoms with Crippen LogP contribution in [0.3, 0.4) is 0 Å². The van der Waals surface area contributed by atoms with Crippen LogP contribution < -0.4 is 0 Å². The minimum absolute atomic E-state index is 0.0106. The van der Waals surface area contributed by atoms with Gasteiger partial charge in [0.25, 0.3) is 0 Å². The van der Waals surface area contributed by atoms with Crippen LogP contribution in [0.25, 0.3) is 5.57 Å². The fourth-order valence-electron chi connectivity index (χ4n) is 1.94. The predicted molar refractivity (Wildman–Crippen MR) is 69.7 cm³/mol. The van der Waals surface area contributed by atoms with E-state index in [0.29, 0.717) is 16.7 Å². The molecule has 1 heterocycles. The smallest absolute Gasteiger partial charge is 0.194 e. The van der Waals surface area contributed by atoms with Gasteiger partial charge in [0.2, 0.25) is 0 Å². The lowest BCUT2D eigenvalue weighted by atomic mass is 10.00. The average Bonchev–Trinajstić information content (AvgIpc) is 2.88. The highest BCUT2D eigenvalue weighted by Gasteiger charge is 2.33. The molecule has 0 saturated carbocycles. The minimum atomic E-state index is -0.0852. The molecule has 1 aromatic heterocycles. The van der Waals surface area contributed by atoms with Gasteiger partial charge < -0.3 is 0 Å². The van der Waals surface area contributed by atoms with Crippen LogP contribution in [-0.2, 0) is 0 Å². The SMILES string of the molecule is CC(C)/C=C1\C(=O)c2ccsc2C1=C(C#N)C#N. The summed E-state index contributed by atoms with van der Waals surface area (Å²) in [5.74, 6) is 0.101. The summed E-state index contributed by atoms with van der Waals surface area (Å²) >= 11 is 1.39. The third-order valence-corrected chi connectivity index (χ3v) is 3.56. The molecule has 0 atom stereocenters. The molecule has 1 aliphatic carbocycles. The Balaban J connectivity index is 2.77. The summed E-state index contributed by atoms with van der Waals surface area (Å²) in [5, 5.41) is 19.9. The molecule has 3 nitrogen and oxygen atoms in total. The number of carbonyl (C=O) groups excluding carboxylic acids is 1. The monoisotopic (exact) mass is 254 g/mol. The van der Waals surface area contributed by atoms with Crippen molar-refractivity contribution < 1.29 is 4.79 Å². The van der Waals surface area contributed by atoms with Gasteiger partial charge >= 0.3 is 0 Å². The second-order valence-corrected chi connectivity index (χ2v) is 5.21. The number of nitrogens with zero attached hydrogens (tertiary/aromatic N) is 2. The molecular weight excluding hydrogens is 244 g/mol. The van der Waals surface area contributed by atoms with E-state index in [1.807, 2.05) is 32.1 Å². The van der Waals surface area contributed by atoms with Crippen molar-refractivity contribution in [1.29, 1.82) is 10.5 Å². The molecule has 0 N–H and O–H groups in total. The van der Waals surface area contributed by atoms with E-state index in [4.69, 9.17) is 10.5 Å². The molecule has 0 amide bonds. The van der Waals surface area contributed by atoms with Crippen LogP contribution in [0.5, 0.6) is 0 Å². The Morgan fingerprint density at radius 2 is 2.06 bits per heavy atom. The molecule has 0 aromatic carbocycles. The van der Waals surface area contributed by atoms with Gasteiger partial charge in [-0.05, 0) is 17.4 Å². The molecule has 2 rings (SSSR count). The molecule has 0 radical (unpaired) electrons. The lowest BCUT2D eigenvalue weighted by Crippen LogP contribution is -1.98. The molecule has 0 aliphatic heterocycles. The van der Waals surface area contributed by atoms with Gasteiger partial charge in [0, 0.05) is 21.6 Å². The predicted octanol–water partition coefficient (Wildman–Crippen LogP) is 3.33. The number of fused-ring (bicyclic) bond motifs is 1. The average molecular weight is 254 g/mol. The van der Waals surface area contributed by atoms with E-state index in [9.17, 15) is 4.79 Å². The van der Waals surface area contributed by atoms with Gasteiger partial charge in [-0.2, -0.15) is 10.5 Å². The molecular formula is C14H10N2OS. The number of Topliss-reactive ketones (excluding diaryl/α,β-unsaturated/α-hetero) is 1. The third kappa shape index (κ3) is 1.77. The quantitative estimate of drug-likeness (QED) is 0.570. The highest BCUT2D eigenvalue weighted by molar-refractivity contribution is 7.12. The lowest BCUT2D eigenvalue weighted by Gasteiger charge is -2.02. The van der Waals surface area contributed by atoms with Crippen molar-refractivity contribution in [2.24, 2.45) is 5.92 Å². The zero-order chi connectivity index (χ0) is 13.3. The van der Waals surface area contributed by atoms with Crippen LogP contribution >= 0.6 is 11.3 Å². The summed E-state index contributed by atoms with van der Waals surface area (Å²) in [6, 6.07) is 5.51.